The van der Waals surface area contributed by atoms with Gasteiger partial charge in [0.25, 0.3) is 0 Å². The number of Topliss-reactive ketones (excluding diaryl/α,β-unsaturated/α-hetero) is 1. The second kappa shape index (κ2) is 6.90. The largest absolute Gasteiger partial charge is 0.294 e. The molecule has 0 unspecified atom stereocenters. The number of rotatable bonds is 6. The summed E-state index contributed by atoms with van der Waals surface area (Å²) in [4.78, 5) is 12.3. The summed E-state index contributed by atoms with van der Waals surface area (Å²) in [5, 5.41) is 5.15. The van der Waals surface area contributed by atoms with Gasteiger partial charge in [-0.15, -0.1) is 0 Å². The summed E-state index contributed by atoms with van der Waals surface area (Å²) in [6.07, 6.45) is 4.35. The first-order valence-corrected chi connectivity index (χ1v) is 7.76. The molecule has 0 N–H and O–H groups in total. The minimum Gasteiger partial charge on any atom is -0.294 e. The van der Waals surface area contributed by atoms with Gasteiger partial charge in [-0.3, -0.25) is 9.48 Å². The molecule has 0 bridgehead atoms. The minimum atomic E-state index is 0.0479. The van der Waals surface area contributed by atoms with Gasteiger partial charge in [0, 0.05) is 16.8 Å². The van der Waals surface area contributed by atoms with E-state index in [-0.39, 0.29) is 5.78 Å². The maximum Gasteiger partial charge on any atom is 0.168 e. The zero-order valence-corrected chi connectivity index (χ0v) is 13.5. The van der Waals surface area contributed by atoms with Gasteiger partial charge in [0.2, 0.25) is 0 Å². The second-order valence-corrected chi connectivity index (χ2v) is 5.73. The highest BCUT2D eigenvalue weighted by atomic mass is 35.5. The van der Waals surface area contributed by atoms with Crippen molar-refractivity contribution in [3.8, 4) is 0 Å². The molecule has 1 aromatic heterocycles. The molecule has 1 heterocycles. The van der Waals surface area contributed by atoms with Crippen LogP contribution in [0.25, 0.3) is 0 Å². The molecule has 112 valence electrons. The van der Waals surface area contributed by atoms with E-state index in [0.717, 1.165) is 24.1 Å². The number of carbonyl (C=O) groups is 1. The third-order valence-electron chi connectivity index (χ3n) is 3.82. The van der Waals surface area contributed by atoms with E-state index in [9.17, 15) is 4.79 Å². The van der Waals surface area contributed by atoms with Gasteiger partial charge in [0.15, 0.2) is 5.78 Å². The van der Waals surface area contributed by atoms with Gasteiger partial charge in [0.05, 0.1) is 18.2 Å². The molecule has 0 aliphatic heterocycles. The number of nitrogens with zero attached hydrogens (tertiary/aromatic N) is 2. The maximum atomic E-state index is 12.3. The smallest absolute Gasteiger partial charge is 0.168 e. The van der Waals surface area contributed by atoms with E-state index in [2.05, 4.69) is 18.9 Å². The number of benzene rings is 1. The number of hydrogen-bond acceptors (Lipinski definition) is 2. The van der Waals surface area contributed by atoms with Crippen LogP contribution in [0.2, 0.25) is 5.02 Å². The maximum absolute atomic E-state index is 12.3. The monoisotopic (exact) mass is 304 g/mol. The van der Waals surface area contributed by atoms with Crippen LogP contribution < -0.4 is 0 Å². The number of hydrogen-bond donors (Lipinski definition) is 0. The summed E-state index contributed by atoms with van der Waals surface area (Å²) in [5.74, 6) is 0.0479. The lowest BCUT2D eigenvalue weighted by molar-refractivity contribution is 0.0991. The lowest BCUT2D eigenvalue weighted by Gasteiger charge is -2.12. The Morgan fingerprint density at radius 2 is 2.00 bits per heavy atom. The Bertz CT molecular complexity index is 629. The van der Waals surface area contributed by atoms with Crippen molar-refractivity contribution < 1.29 is 4.79 Å². The lowest BCUT2D eigenvalue weighted by atomic mass is 10.1. The number of halogens is 1. The molecule has 2 aromatic rings. The van der Waals surface area contributed by atoms with E-state index < -0.39 is 0 Å². The summed E-state index contributed by atoms with van der Waals surface area (Å²) >= 11 is 6.07. The van der Waals surface area contributed by atoms with Gasteiger partial charge >= 0.3 is 0 Å². The zero-order valence-electron chi connectivity index (χ0n) is 12.8. The summed E-state index contributed by atoms with van der Waals surface area (Å²) in [5.41, 5.74) is 2.43. The van der Waals surface area contributed by atoms with Gasteiger partial charge in [-0.25, -0.2) is 0 Å². The first kappa shape index (κ1) is 15.8. The Labute approximate surface area is 130 Å². The molecule has 3 nitrogen and oxygen atoms in total. The predicted molar refractivity (Wildman–Crippen MR) is 86.1 cm³/mol. The molecule has 0 aliphatic rings. The van der Waals surface area contributed by atoms with Crippen LogP contribution in [0, 0.1) is 6.92 Å². The van der Waals surface area contributed by atoms with Gasteiger partial charge in [-0.1, -0.05) is 37.6 Å². The number of aryl methyl sites for hydroxylation is 1. The van der Waals surface area contributed by atoms with Crippen molar-refractivity contribution in [2.24, 2.45) is 0 Å². The Hall–Kier alpha value is -1.61. The fourth-order valence-electron chi connectivity index (χ4n) is 2.37. The molecule has 0 fully saturated rings. The van der Waals surface area contributed by atoms with Crippen LogP contribution >= 0.6 is 11.6 Å². The Morgan fingerprint density at radius 1 is 1.29 bits per heavy atom. The number of ketones is 1. The topological polar surface area (TPSA) is 34.9 Å². The number of aromatic nitrogens is 2. The average Bonchev–Trinajstić information content (AvgIpc) is 2.91. The van der Waals surface area contributed by atoms with Crippen molar-refractivity contribution in [1.82, 2.24) is 9.78 Å². The van der Waals surface area contributed by atoms with Gasteiger partial charge in [-0.05, 0) is 37.5 Å². The molecule has 4 heteroatoms. The van der Waals surface area contributed by atoms with Crippen molar-refractivity contribution in [2.45, 2.75) is 46.1 Å². The molecule has 1 aromatic carbocycles. The Kier molecular flexibility index (Phi) is 5.18. The van der Waals surface area contributed by atoms with Gasteiger partial charge in [-0.2, -0.15) is 5.10 Å². The fourth-order valence-corrected chi connectivity index (χ4v) is 2.55. The van der Waals surface area contributed by atoms with E-state index >= 15 is 0 Å². The van der Waals surface area contributed by atoms with Gasteiger partial charge < -0.3 is 0 Å². The Morgan fingerprint density at radius 3 is 2.62 bits per heavy atom. The average molecular weight is 305 g/mol. The van der Waals surface area contributed by atoms with Crippen molar-refractivity contribution in [2.75, 3.05) is 0 Å². The second-order valence-electron chi connectivity index (χ2n) is 5.32. The molecule has 21 heavy (non-hydrogen) atoms. The molecule has 0 aliphatic carbocycles. The van der Waals surface area contributed by atoms with Crippen LogP contribution in [0.15, 0.2) is 30.5 Å². The highest BCUT2D eigenvalue weighted by Gasteiger charge is 2.12. The zero-order chi connectivity index (χ0) is 15.4. The predicted octanol–water partition coefficient (Wildman–Crippen LogP) is 4.63. The van der Waals surface area contributed by atoms with Crippen LogP contribution in [0.4, 0.5) is 0 Å². The van der Waals surface area contributed by atoms with E-state index in [4.69, 9.17) is 11.6 Å². The first-order chi connectivity index (χ1) is 10.0. The van der Waals surface area contributed by atoms with E-state index in [1.807, 2.05) is 36.0 Å². The standard InChI is InChI=1S/C17H21ClN2O/c1-4-15(5-2)20-9-8-14(19-20)11-17(21)13-7-6-12(3)16(18)10-13/h6-10,15H,4-5,11H2,1-3H3. The highest BCUT2D eigenvalue weighted by molar-refractivity contribution is 6.31. The van der Waals surface area contributed by atoms with Crippen molar-refractivity contribution in [3.05, 3.63) is 52.3 Å². The molecule has 0 amide bonds. The third kappa shape index (κ3) is 3.73. The first-order valence-electron chi connectivity index (χ1n) is 7.38. The molecular formula is C17H21ClN2O. The molecule has 0 saturated heterocycles. The summed E-state index contributed by atoms with van der Waals surface area (Å²) in [6.45, 7) is 6.22. The van der Waals surface area contributed by atoms with Gasteiger partial charge in [0.1, 0.15) is 0 Å². The molecule has 0 saturated carbocycles. The SMILES string of the molecule is CCC(CC)n1ccc(CC(=O)c2ccc(C)c(Cl)c2)n1. The molecule has 0 spiro atoms. The van der Waals surface area contributed by atoms with Crippen LogP contribution in [0.3, 0.4) is 0 Å². The fraction of sp³-hybridized carbons (Fsp3) is 0.412. The summed E-state index contributed by atoms with van der Waals surface area (Å²) in [7, 11) is 0. The molecular weight excluding hydrogens is 284 g/mol. The van der Waals surface area contributed by atoms with E-state index in [0.29, 0.717) is 23.0 Å². The van der Waals surface area contributed by atoms with E-state index in [1.54, 1.807) is 6.07 Å². The minimum absolute atomic E-state index is 0.0479. The van der Waals surface area contributed by atoms with Crippen LogP contribution in [-0.2, 0) is 6.42 Å². The van der Waals surface area contributed by atoms with Crippen molar-refractivity contribution in [1.29, 1.82) is 0 Å². The quantitative estimate of drug-likeness (QED) is 0.729. The summed E-state index contributed by atoms with van der Waals surface area (Å²) in [6, 6.07) is 7.76. The summed E-state index contributed by atoms with van der Waals surface area (Å²) < 4.78 is 1.96. The lowest BCUT2D eigenvalue weighted by Crippen LogP contribution is -2.09. The van der Waals surface area contributed by atoms with Crippen LogP contribution in [0.5, 0.6) is 0 Å². The van der Waals surface area contributed by atoms with Crippen LogP contribution in [-0.4, -0.2) is 15.6 Å². The Balaban J connectivity index is 2.11. The molecule has 0 atom stereocenters. The number of carbonyl (C=O) groups excluding carboxylic acids is 1. The highest BCUT2D eigenvalue weighted by Crippen LogP contribution is 2.19. The van der Waals surface area contributed by atoms with E-state index in [1.165, 1.54) is 0 Å². The molecule has 0 radical (unpaired) electrons. The molecule has 2 rings (SSSR count). The van der Waals surface area contributed by atoms with Crippen LogP contribution in [0.1, 0.15) is 54.3 Å². The van der Waals surface area contributed by atoms with Crippen molar-refractivity contribution in [3.63, 3.8) is 0 Å². The third-order valence-corrected chi connectivity index (χ3v) is 4.22. The van der Waals surface area contributed by atoms with Crippen molar-refractivity contribution >= 4 is 17.4 Å². The normalized spacial score (nSPS) is 11.1.